The summed E-state index contributed by atoms with van der Waals surface area (Å²) in [5.74, 6) is 2.78. The van der Waals surface area contributed by atoms with Crippen molar-refractivity contribution in [2.24, 2.45) is 7.05 Å². The number of aromatic nitrogens is 3. The lowest BCUT2D eigenvalue weighted by atomic mass is 10.2. The number of ether oxygens (including phenoxy) is 1. The highest BCUT2D eigenvalue weighted by molar-refractivity contribution is 5.28. The Kier molecular flexibility index (Phi) is 4.52. The largest absolute Gasteiger partial charge is 0.494 e. The molecule has 2 rings (SSSR count). The first kappa shape index (κ1) is 13.5. The number of nitrogens with zero attached hydrogens (tertiary/aromatic N) is 3. The van der Waals surface area contributed by atoms with Crippen molar-refractivity contribution in [3.05, 3.63) is 41.5 Å². The molecule has 0 atom stereocenters. The van der Waals surface area contributed by atoms with Crippen LogP contribution < -0.4 is 10.1 Å². The average Bonchev–Trinajstić information content (AvgIpc) is 2.72. The van der Waals surface area contributed by atoms with E-state index in [1.54, 1.807) is 0 Å². The van der Waals surface area contributed by atoms with E-state index in [9.17, 15) is 0 Å². The summed E-state index contributed by atoms with van der Waals surface area (Å²) in [6.45, 7) is 6.11. The van der Waals surface area contributed by atoms with Gasteiger partial charge in [-0.1, -0.05) is 12.1 Å². The highest BCUT2D eigenvalue weighted by atomic mass is 16.5. The summed E-state index contributed by atoms with van der Waals surface area (Å²) in [4.78, 5) is 0. The monoisotopic (exact) mass is 260 g/mol. The Labute approximate surface area is 113 Å². The van der Waals surface area contributed by atoms with Crippen molar-refractivity contribution in [1.82, 2.24) is 20.1 Å². The molecule has 0 bridgehead atoms. The molecule has 0 aliphatic heterocycles. The van der Waals surface area contributed by atoms with Gasteiger partial charge in [-0.25, -0.2) is 0 Å². The first-order chi connectivity index (χ1) is 9.20. The van der Waals surface area contributed by atoms with Gasteiger partial charge >= 0.3 is 0 Å². The molecule has 0 fully saturated rings. The third-order valence-corrected chi connectivity index (χ3v) is 3.00. The lowest BCUT2D eigenvalue weighted by molar-refractivity contribution is 0.340. The third-order valence-electron chi connectivity index (χ3n) is 3.00. The summed E-state index contributed by atoms with van der Waals surface area (Å²) in [5.41, 5.74) is 1.20. The second-order valence-electron chi connectivity index (χ2n) is 4.41. The summed E-state index contributed by atoms with van der Waals surface area (Å²) in [5, 5.41) is 11.5. The van der Waals surface area contributed by atoms with Crippen molar-refractivity contribution in [2.75, 3.05) is 6.61 Å². The van der Waals surface area contributed by atoms with E-state index in [-0.39, 0.29) is 0 Å². The van der Waals surface area contributed by atoms with Gasteiger partial charge in [-0.3, -0.25) is 0 Å². The van der Waals surface area contributed by atoms with Crippen LogP contribution in [0.4, 0.5) is 0 Å². The molecule has 102 valence electrons. The summed E-state index contributed by atoms with van der Waals surface area (Å²) < 4.78 is 7.47. The van der Waals surface area contributed by atoms with E-state index >= 15 is 0 Å². The van der Waals surface area contributed by atoms with Crippen LogP contribution in [0.2, 0.25) is 0 Å². The molecule has 0 radical (unpaired) electrons. The fraction of sp³-hybridized carbons (Fsp3) is 0.429. The Morgan fingerprint density at radius 3 is 2.79 bits per heavy atom. The van der Waals surface area contributed by atoms with Crippen LogP contribution in [-0.2, 0) is 20.1 Å². The Bertz CT molecular complexity index is 536. The van der Waals surface area contributed by atoms with Crippen LogP contribution >= 0.6 is 0 Å². The van der Waals surface area contributed by atoms with Gasteiger partial charge in [-0.05, 0) is 31.5 Å². The second-order valence-corrected chi connectivity index (χ2v) is 4.41. The molecule has 0 aliphatic rings. The molecule has 5 nitrogen and oxygen atoms in total. The van der Waals surface area contributed by atoms with Gasteiger partial charge in [0.05, 0.1) is 13.2 Å². The molecule has 0 unspecified atom stereocenters. The Morgan fingerprint density at radius 2 is 2.11 bits per heavy atom. The normalized spacial score (nSPS) is 10.7. The standard InChI is InChI=1S/C14H20N4O/c1-4-19-13-7-5-6-12(8-13)9-15-10-14-17-16-11(2)18(14)3/h5-8,15H,4,9-10H2,1-3H3. The van der Waals surface area contributed by atoms with Crippen LogP contribution in [0, 0.1) is 6.92 Å². The average molecular weight is 260 g/mol. The lowest BCUT2D eigenvalue weighted by Crippen LogP contribution is -2.16. The van der Waals surface area contributed by atoms with Gasteiger partial charge in [0.25, 0.3) is 0 Å². The maximum absolute atomic E-state index is 5.48. The highest BCUT2D eigenvalue weighted by Gasteiger charge is 2.04. The molecule has 0 amide bonds. The molecule has 1 aromatic heterocycles. The van der Waals surface area contributed by atoms with Crippen molar-refractivity contribution >= 4 is 0 Å². The molecule has 0 saturated carbocycles. The SMILES string of the molecule is CCOc1cccc(CNCc2nnc(C)n2C)c1. The Hall–Kier alpha value is -1.88. The molecule has 0 saturated heterocycles. The van der Waals surface area contributed by atoms with Crippen molar-refractivity contribution in [2.45, 2.75) is 26.9 Å². The maximum Gasteiger partial charge on any atom is 0.146 e. The maximum atomic E-state index is 5.48. The highest BCUT2D eigenvalue weighted by Crippen LogP contribution is 2.13. The van der Waals surface area contributed by atoms with Crippen LogP contribution in [0.15, 0.2) is 24.3 Å². The minimum Gasteiger partial charge on any atom is -0.494 e. The number of benzene rings is 1. The van der Waals surface area contributed by atoms with Gasteiger partial charge in [-0.15, -0.1) is 10.2 Å². The summed E-state index contributed by atoms with van der Waals surface area (Å²) in [7, 11) is 1.97. The van der Waals surface area contributed by atoms with Crippen LogP contribution in [0.5, 0.6) is 5.75 Å². The molecular weight excluding hydrogens is 240 g/mol. The third kappa shape index (κ3) is 3.54. The molecule has 0 aliphatic carbocycles. The van der Waals surface area contributed by atoms with Gasteiger partial charge < -0.3 is 14.6 Å². The number of hydrogen-bond donors (Lipinski definition) is 1. The van der Waals surface area contributed by atoms with Crippen LogP contribution in [0.25, 0.3) is 0 Å². The molecule has 19 heavy (non-hydrogen) atoms. The van der Waals surface area contributed by atoms with Gasteiger partial charge in [0.15, 0.2) is 0 Å². The quantitative estimate of drug-likeness (QED) is 0.860. The van der Waals surface area contributed by atoms with Crippen LogP contribution in [0.1, 0.15) is 24.1 Å². The van der Waals surface area contributed by atoms with E-state index in [1.807, 2.05) is 37.6 Å². The van der Waals surface area contributed by atoms with Crippen LogP contribution in [0.3, 0.4) is 0 Å². The second kappa shape index (κ2) is 6.33. The van der Waals surface area contributed by atoms with Gasteiger partial charge in [0.2, 0.25) is 0 Å². The zero-order valence-corrected chi connectivity index (χ0v) is 11.7. The van der Waals surface area contributed by atoms with Crippen molar-refractivity contribution in [3.8, 4) is 5.75 Å². The Morgan fingerprint density at radius 1 is 1.26 bits per heavy atom. The topological polar surface area (TPSA) is 52.0 Å². The number of nitrogens with one attached hydrogen (secondary N) is 1. The van der Waals surface area contributed by atoms with Gasteiger partial charge in [0.1, 0.15) is 17.4 Å². The first-order valence-electron chi connectivity index (χ1n) is 6.48. The van der Waals surface area contributed by atoms with Crippen molar-refractivity contribution < 1.29 is 4.74 Å². The summed E-state index contributed by atoms with van der Waals surface area (Å²) in [6, 6.07) is 8.11. The number of rotatable bonds is 6. The molecule has 1 heterocycles. The van der Waals surface area contributed by atoms with E-state index in [1.165, 1.54) is 5.56 Å². The molecule has 2 aromatic rings. The minimum absolute atomic E-state index is 0.690. The number of aryl methyl sites for hydroxylation is 1. The van der Waals surface area contributed by atoms with E-state index in [0.29, 0.717) is 13.2 Å². The molecular formula is C14H20N4O. The smallest absolute Gasteiger partial charge is 0.146 e. The van der Waals surface area contributed by atoms with E-state index in [4.69, 9.17) is 4.74 Å². The van der Waals surface area contributed by atoms with Crippen LogP contribution in [-0.4, -0.2) is 21.4 Å². The summed E-state index contributed by atoms with van der Waals surface area (Å²) >= 11 is 0. The van der Waals surface area contributed by atoms with E-state index in [0.717, 1.165) is 23.9 Å². The fourth-order valence-corrected chi connectivity index (χ4v) is 1.84. The Balaban J connectivity index is 1.88. The fourth-order valence-electron chi connectivity index (χ4n) is 1.84. The minimum atomic E-state index is 0.690. The van der Waals surface area contributed by atoms with E-state index in [2.05, 4.69) is 27.6 Å². The van der Waals surface area contributed by atoms with E-state index < -0.39 is 0 Å². The lowest BCUT2D eigenvalue weighted by Gasteiger charge is -2.07. The zero-order valence-electron chi connectivity index (χ0n) is 11.7. The van der Waals surface area contributed by atoms with Gasteiger partial charge in [-0.2, -0.15) is 0 Å². The molecule has 1 N–H and O–H groups in total. The molecule has 1 aromatic carbocycles. The molecule has 0 spiro atoms. The predicted octanol–water partition coefficient (Wildman–Crippen LogP) is 1.81. The predicted molar refractivity (Wildman–Crippen MR) is 73.9 cm³/mol. The molecule has 5 heteroatoms. The number of hydrogen-bond acceptors (Lipinski definition) is 4. The summed E-state index contributed by atoms with van der Waals surface area (Å²) in [6.07, 6.45) is 0. The first-order valence-corrected chi connectivity index (χ1v) is 6.48. The van der Waals surface area contributed by atoms with Gasteiger partial charge in [0, 0.05) is 13.6 Å². The zero-order chi connectivity index (χ0) is 13.7. The van der Waals surface area contributed by atoms with Crippen molar-refractivity contribution in [3.63, 3.8) is 0 Å². The van der Waals surface area contributed by atoms with Crippen molar-refractivity contribution in [1.29, 1.82) is 0 Å².